The van der Waals surface area contributed by atoms with Crippen LogP contribution in [-0.2, 0) is 9.84 Å². The first kappa shape index (κ1) is 25.3. The first-order valence-electron chi connectivity index (χ1n) is 12.1. The number of sulfone groups is 1. The minimum atomic E-state index is -3.35. The van der Waals surface area contributed by atoms with Gasteiger partial charge in [0.25, 0.3) is 5.91 Å². The second-order valence-electron chi connectivity index (χ2n) is 9.63. The molecule has 4 aromatic rings. The van der Waals surface area contributed by atoms with Gasteiger partial charge >= 0.3 is 0 Å². The van der Waals surface area contributed by atoms with Crippen molar-refractivity contribution < 1.29 is 35.5 Å². The number of ether oxygens (including phenoxy) is 1. The number of amides is 1. The van der Waals surface area contributed by atoms with Gasteiger partial charge in [-0.05, 0) is 29.8 Å². The van der Waals surface area contributed by atoms with Crippen LogP contribution in [0.4, 0.5) is 17.6 Å². The molecule has 1 aromatic heterocycles. The van der Waals surface area contributed by atoms with Gasteiger partial charge in [0.1, 0.15) is 17.4 Å². The first-order chi connectivity index (χ1) is 18.6. The Labute approximate surface area is 220 Å². The Morgan fingerprint density at radius 1 is 1.00 bits per heavy atom. The summed E-state index contributed by atoms with van der Waals surface area (Å²) < 4.78 is 87.6. The van der Waals surface area contributed by atoms with E-state index in [9.17, 15) is 26.4 Å². The van der Waals surface area contributed by atoms with Crippen LogP contribution < -0.4 is 10.1 Å². The van der Waals surface area contributed by atoms with E-state index >= 15 is 4.39 Å². The number of nitrogens with one attached hydrogen (secondary N) is 1. The number of carbonyl (C=O) groups is 1. The molecule has 0 radical (unpaired) electrons. The van der Waals surface area contributed by atoms with Crippen molar-refractivity contribution in [2.45, 2.75) is 18.4 Å². The molecule has 1 N–H and O–H groups in total. The van der Waals surface area contributed by atoms with Gasteiger partial charge in [0.05, 0.1) is 35.2 Å². The lowest BCUT2D eigenvalue weighted by Gasteiger charge is -2.30. The van der Waals surface area contributed by atoms with Crippen LogP contribution in [0.15, 0.2) is 54.7 Å². The van der Waals surface area contributed by atoms with E-state index in [0.29, 0.717) is 36.5 Å². The van der Waals surface area contributed by atoms with Crippen molar-refractivity contribution in [1.82, 2.24) is 10.3 Å². The van der Waals surface area contributed by atoms with Gasteiger partial charge in [0.15, 0.2) is 21.5 Å². The van der Waals surface area contributed by atoms with E-state index in [2.05, 4.69) is 10.3 Å². The number of hydrogen-bond acceptors (Lipinski definition) is 5. The fourth-order valence-electron chi connectivity index (χ4n) is 5.34. The van der Waals surface area contributed by atoms with Crippen LogP contribution in [0, 0.1) is 23.3 Å². The molecule has 3 aromatic carbocycles. The Balaban J connectivity index is 1.50. The largest absolute Gasteiger partial charge is 0.493 e. The van der Waals surface area contributed by atoms with Gasteiger partial charge < -0.3 is 10.1 Å². The van der Waals surface area contributed by atoms with Gasteiger partial charge in [0.2, 0.25) is 0 Å². The summed E-state index contributed by atoms with van der Waals surface area (Å²) >= 11 is 0. The zero-order valence-electron chi connectivity index (χ0n) is 20.2. The second kappa shape index (κ2) is 9.33. The Bertz CT molecular complexity index is 1770. The molecule has 1 fully saturated rings. The fraction of sp³-hybridized carbons (Fsp3) is 0.214. The maximum atomic E-state index is 15.1. The van der Waals surface area contributed by atoms with Crippen LogP contribution >= 0.6 is 0 Å². The zero-order chi connectivity index (χ0) is 27.5. The topological polar surface area (TPSA) is 85.4 Å². The maximum absolute atomic E-state index is 15.1. The van der Waals surface area contributed by atoms with Gasteiger partial charge in [-0.25, -0.2) is 26.0 Å². The molecule has 6 nitrogen and oxygen atoms in total. The summed E-state index contributed by atoms with van der Waals surface area (Å²) in [6.07, 6.45) is 1.66. The van der Waals surface area contributed by atoms with Crippen molar-refractivity contribution in [3.05, 3.63) is 94.7 Å². The molecular formula is C28H20F4N2O4S. The molecular weight excluding hydrogens is 536 g/mol. The molecule has 3 heterocycles. The lowest BCUT2D eigenvalue weighted by atomic mass is 9.90. The SMILES string of the molecule is O=C(NC1CCOc2ccccc21)c1cnc2c(-c3cc(F)cc(F)c3F)c(F)ccc2c1C1CS(=O)(=O)C1. The Kier molecular flexibility index (Phi) is 6.05. The maximum Gasteiger partial charge on any atom is 0.253 e. The van der Waals surface area contributed by atoms with Crippen LogP contribution in [0.2, 0.25) is 0 Å². The van der Waals surface area contributed by atoms with Crippen LogP contribution in [0.5, 0.6) is 5.75 Å². The highest BCUT2D eigenvalue weighted by Gasteiger charge is 2.39. The summed E-state index contributed by atoms with van der Waals surface area (Å²) in [5, 5.41) is 3.15. The summed E-state index contributed by atoms with van der Waals surface area (Å²) in [7, 11) is -3.35. The number of rotatable bonds is 4. The van der Waals surface area contributed by atoms with Gasteiger partial charge in [-0.15, -0.1) is 0 Å². The summed E-state index contributed by atoms with van der Waals surface area (Å²) in [5.74, 6) is -6.06. The molecule has 11 heteroatoms. The van der Waals surface area contributed by atoms with Crippen molar-refractivity contribution in [2.24, 2.45) is 0 Å². The number of para-hydroxylation sites is 1. The zero-order valence-corrected chi connectivity index (χ0v) is 21.0. The van der Waals surface area contributed by atoms with E-state index in [1.54, 1.807) is 6.07 Å². The van der Waals surface area contributed by atoms with Crippen molar-refractivity contribution in [3.8, 4) is 16.9 Å². The minimum absolute atomic E-state index is 0.0785. The average Bonchev–Trinajstić information content (AvgIpc) is 2.89. The van der Waals surface area contributed by atoms with Crippen molar-refractivity contribution in [1.29, 1.82) is 0 Å². The molecule has 2 aliphatic rings. The quantitative estimate of drug-likeness (QED) is 0.275. The number of fused-ring (bicyclic) bond motifs is 2. The van der Waals surface area contributed by atoms with Crippen molar-refractivity contribution >= 4 is 26.6 Å². The molecule has 6 rings (SSSR count). The second-order valence-corrected chi connectivity index (χ2v) is 11.8. The predicted octanol–water partition coefficient (Wildman–Crippen LogP) is 5.22. The van der Waals surface area contributed by atoms with E-state index in [1.165, 1.54) is 12.3 Å². The van der Waals surface area contributed by atoms with Crippen molar-refractivity contribution in [2.75, 3.05) is 18.1 Å². The van der Waals surface area contributed by atoms with Crippen LogP contribution in [-0.4, -0.2) is 37.4 Å². The van der Waals surface area contributed by atoms with Crippen molar-refractivity contribution in [3.63, 3.8) is 0 Å². The Morgan fingerprint density at radius 2 is 1.77 bits per heavy atom. The summed E-state index contributed by atoms with van der Waals surface area (Å²) in [6.45, 7) is 0.379. The van der Waals surface area contributed by atoms with Crippen LogP contribution in [0.1, 0.15) is 39.9 Å². The molecule has 2 aliphatic heterocycles. The first-order valence-corrected chi connectivity index (χ1v) is 13.9. The third kappa shape index (κ3) is 4.40. The molecule has 0 saturated carbocycles. The lowest BCUT2D eigenvalue weighted by molar-refractivity contribution is 0.0923. The molecule has 39 heavy (non-hydrogen) atoms. The highest BCUT2D eigenvalue weighted by molar-refractivity contribution is 7.92. The molecule has 1 unspecified atom stereocenters. The fourth-order valence-corrected chi connectivity index (χ4v) is 6.80. The van der Waals surface area contributed by atoms with E-state index in [0.717, 1.165) is 11.6 Å². The third-order valence-electron chi connectivity index (χ3n) is 7.12. The monoisotopic (exact) mass is 556 g/mol. The lowest BCUT2D eigenvalue weighted by Crippen LogP contribution is -2.37. The summed E-state index contributed by atoms with van der Waals surface area (Å²) in [5.41, 5.74) is -0.151. The molecule has 200 valence electrons. The van der Waals surface area contributed by atoms with E-state index in [4.69, 9.17) is 4.74 Å². The van der Waals surface area contributed by atoms with Crippen LogP contribution in [0.3, 0.4) is 0 Å². The summed E-state index contributed by atoms with van der Waals surface area (Å²) in [4.78, 5) is 17.8. The Morgan fingerprint density at radius 3 is 2.54 bits per heavy atom. The number of pyridine rings is 1. The molecule has 1 atom stereocenters. The number of carbonyl (C=O) groups excluding carboxylic acids is 1. The van der Waals surface area contributed by atoms with Gasteiger partial charge in [0, 0.05) is 46.7 Å². The highest BCUT2D eigenvalue weighted by atomic mass is 32.2. The number of hydrogen-bond donors (Lipinski definition) is 1. The molecule has 0 aliphatic carbocycles. The number of aromatic nitrogens is 1. The van der Waals surface area contributed by atoms with Gasteiger partial charge in [-0.3, -0.25) is 9.78 Å². The average molecular weight is 557 g/mol. The Hall–Kier alpha value is -3.99. The van der Waals surface area contributed by atoms with E-state index in [-0.39, 0.29) is 34.0 Å². The number of benzene rings is 3. The smallest absolute Gasteiger partial charge is 0.253 e. The molecule has 0 bridgehead atoms. The molecule has 0 spiro atoms. The van der Waals surface area contributed by atoms with E-state index < -0.39 is 56.1 Å². The number of halogens is 4. The normalized spacial score (nSPS) is 18.2. The van der Waals surface area contributed by atoms with E-state index in [1.807, 2.05) is 18.2 Å². The standard InChI is InChI=1S/C28H20F4N2O4S/c29-15-9-18(26(32)21(31)10-15)25-20(30)6-5-17-24(14-12-39(36,37)13-14)19(11-33-27(17)25)28(35)34-22-7-8-38-23-4-2-1-3-16(22)23/h1-6,9-11,14,22H,7-8,12-13H2,(H,34,35). The molecule has 1 amide bonds. The highest BCUT2D eigenvalue weighted by Crippen LogP contribution is 2.41. The predicted molar refractivity (Wildman–Crippen MR) is 135 cm³/mol. The van der Waals surface area contributed by atoms with Crippen LogP contribution in [0.25, 0.3) is 22.0 Å². The number of nitrogens with zero attached hydrogens (tertiary/aromatic N) is 1. The third-order valence-corrected chi connectivity index (χ3v) is 8.94. The minimum Gasteiger partial charge on any atom is -0.493 e. The molecule has 1 saturated heterocycles. The van der Waals surface area contributed by atoms with Gasteiger partial charge in [-0.2, -0.15) is 0 Å². The summed E-state index contributed by atoms with van der Waals surface area (Å²) in [6, 6.07) is 10.2. The van der Waals surface area contributed by atoms with Gasteiger partial charge in [-0.1, -0.05) is 18.2 Å².